The number of hydrogen-bond acceptors (Lipinski definition) is 0. The first-order valence-corrected chi connectivity index (χ1v) is 8.30. The first-order valence-electron chi connectivity index (χ1n) is 7.39. The summed E-state index contributed by atoms with van der Waals surface area (Å²) in [6, 6.07) is 19.7. The van der Waals surface area contributed by atoms with Crippen molar-refractivity contribution in [2.24, 2.45) is 5.92 Å². The summed E-state index contributed by atoms with van der Waals surface area (Å²) >= 11 is 3.96. The smallest absolute Gasteiger partial charge is 0.0466 e. The van der Waals surface area contributed by atoms with E-state index in [-0.39, 0.29) is 0 Å². The molecule has 1 heteroatoms. The molecule has 0 fully saturated rings. The molecule has 2 aromatic rings. The van der Waals surface area contributed by atoms with Crippen LogP contribution < -0.4 is 0 Å². The lowest BCUT2D eigenvalue weighted by atomic mass is 9.81. The Kier molecular flexibility index (Phi) is 5.42. The summed E-state index contributed by atoms with van der Waals surface area (Å²) in [6.45, 7) is 6.76. The van der Waals surface area contributed by atoms with Crippen LogP contribution in [-0.4, -0.2) is 0 Å². The van der Waals surface area contributed by atoms with Crippen molar-refractivity contribution < 1.29 is 0 Å². The molecule has 3 unspecified atom stereocenters. The quantitative estimate of drug-likeness (QED) is 0.567. The Labute approximate surface area is 131 Å². The Morgan fingerprint density at radius 3 is 2.05 bits per heavy atom. The van der Waals surface area contributed by atoms with Crippen molar-refractivity contribution >= 4 is 15.9 Å². The van der Waals surface area contributed by atoms with Gasteiger partial charge in [-0.05, 0) is 24.0 Å². The highest BCUT2D eigenvalue weighted by Crippen LogP contribution is 2.43. The number of halogens is 1. The summed E-state index contributed by atoms with van der Waals surface area (Å²) in [6.07, 6.45) is 1.19. The van der Waals surface area contributed by atoms with Crippen LogP contribution in [0.1, 0.15) is 47.7 Å². The van der Waals surface area contributed by atoms with Gasteiger partial charge in [-0.1, -0.05) is 96.4 Å². The standard InChI is InChI=1S/C19H23Br/c1-4-15(3)18(16-8-6-5-7-9-16)19(20)17-12-10-14(2)11-13-17/h5-13,15,18-19H,4H2,1-3H3. The monoisotopic (exact) mass is 330 g/mol. The van der Waals surface area contributed by atoms with Crippen molar-refractivity contribution in [2.75, 3.05) is 0 Å². The van der Waals surface area contributed by atoms with Crippen molar-refractivity contribution in [1.82, 2.24) is 0 Å². The fourth-order valence-electron chi connectivity index (χ4n) is 2.67. The van der Waals surface area contributed by atoms with Crippen LogP contribution in [0.15, 0.2) is 54.6 Å². The van der Waals surface area contributed by atoms with Crippen molar-refractivity contribution in [3.05, 3.63) is 71.3 Å². The molecule has 0 aromatic heterocycles. The minimum Gasteiger partial charge on any atom is -0.0832 e. The lowest BCUT2D eigenvalue weighted by molar-refractivity contribution is 0.440. The molecule has 0 heterocycles. The average molecular weight is 331 g/mol. The fraction of sp³-hybridized carbons (Fsp3) is 0.368. The van der Waals surface area contributed by atoms with Crippen LogP contribution in [0.25, 0.3) is 0 Å². The third-order valence-corrected chi connectivity index (χ3v) is 5.25. The van der Waals surface area contributed by atoms with E-state index in [2.05, 4.69) is 91.3 Å². The molecule has 2 rings (SSSR count). The molecule has 0 aliphatic carbocycles. The summed E-state index contributed by atoms with van der Waals surface area (Å²) in [5.74, 6) is 1.15. The summed E-state index contributed by atoms with van der Waals surface area (Å²) < 4.78 is 0. The predicted molar refractivity (Wildman–Crippen MR) is 91.5 cm³/mol. The topological polar surface area (TPSA) is 0 Å². The van der Waals surface area contributed by atoms with E-state index >= 15 is 0 Å². The summed E-state index contributed by atoms with van der Waals surface area (Å²) in [5, 5.41) is 0. The summed E-state index contributed by atoms with van der Waals surface area (Å²) in [7, 11) is 0. The van der Waals surface area contributed by atoms with Gasteiger partial charge in [-0.25, -0.2) is 0 Å². The van der Waals surface area contributed by atoms with Gasteiger partial charge in [0.25, 0.3) is 0 Å². The van der Waals surface area contributed by atoms with Crippen molar-refractivity contribution in [2.45, 2.75) is 37.9 Å². The van der Waals surface area contributed by atoms with Gasteiger partial charge in [0.05, 0.1) is 0 Å². The van der Waals surface area contributed by atoms with E-state index in [4.69, 9.17) is 0 Å². The second kappa shape index (κ2) is 7.08. The first kappa shape index (κ1) is 15.3. The average Bonchev–Trinajstić information content (AvgIpc) is 2.49. The summed E-state index contributed by atoms with van der Waals surface area (Å²) in [4.78, 5) is 0.362. The second-order valence-corrected chi connectivity index (χ2v) is 6.62. The van der Waals surface area contributed by atoms with Crippen LogP contribution in [0, 0.1) is 12.8 Å². The highest BCUT2D eigenvalue weighted by molar-refractivity contribution is 9.09. The van der Waals surface area contributed by atoms with Gasteiger partial charge in [0.1, 0.15) is 0 Å². The molecule has 20 heavy (non-hydrogen) atoms. The molecule has 106 valence electrons. The molecule has 0 nitrogen and oxygen atoms in total. The van der Waals surface area contributed by atoms with Gasteiger partial charge in [0.15, 0.2) is 0 Å². The zero-order chi connectivity index (χ0) is 14.5. The normalized spacial score (nSPS) is 15.6. The lowest BCUT2D eigenvalue weighted by Gasteiger charge is -2.29. The zero-order valence-electron chi connectivity index (χ0n) is 12.5. The molecule has 0 bridgehead atoms. The van der Waals surface area contributed by atoms with Crippen LogP contribution in [0.4, 0.5) is 0 Å². The Morgan fingerprint density at radius 2 is 1.50 bits per heavy atom. The molecule has 3 atom stereocenters. The molecule has 0 N–H and O–H groups in total. The van der Waals surface area contributed by atoms with Crippen molar-refractivity contribution in [3.8, 4) is 0 Å². The molecule has 0 aliphatic heterocycles. The van der Waals surface area contributed by atoms with Gasteiger partial charge in [-0.3, -0.25) is 0 Å². The van der Waals surface area contributed by atoms with E-state index in [1.807, 2.05) is 0 Å². The van der Waals surface area contributed by atoms with E-state index in [0.717, 1.165) is 0 Å². The number of benzene rings is 2. The SMILES string of the molecule is CCC(C)C(c1ccccc1)C(Br)c1ccc(C)cc1. The largest absolute Gasteiger partial charge is 0.0832 e. The molecular formula is C19H23Br. The van der Waals surface area contributed by atoms with Gasteiger partial charge in [0.2, 0.25) is 0 Å². The maximum Gasteiger partial charge on any atom is 0.0466 e. The third kappa shape index (κ3) is 3.52. The Balaban J connectivity index is 2.34. The van der Waals surface area contributed by atoms with Crippen LogP contribution in [0.2, 0.25) is 0 Å². The van der Waals surface area contributed by atoms with Crippen molar-refractivity contribution in [3.63, 3.8) is 0 Å². The minimum absolute atomic E-state index is 0.362. The van der Waals surface area contributed by atoms with E-state index in [9.17, 15) is 0 Å². The molecular weight excluding hydrogens is 308 g/mol. The maximum absolute atomic E-state index is 3.96. The fourth-order valence-corrected chi connectivity index (χ4v) is 3.80. The zero-order valence-corrected chi connectivity index (χ0v) is 14.1. The van der Waals surface area contributed by atoms with E-state index in [1.54, 1.807) is 0 Å². The molecule has 0 saturated heterocycles. The highest BCUT2D eigenvalue weighted by Gasteiger charge is 2.26. The Bertz CT molecular complexity index is 515. The highest BCUT2D eigenvalue weighted by atomic mass is 79.9. The van der Waals surface area contributed by atoms with Gasteiger partial charge in [0, 0.05) is 10.7 Å². The van der Waals surface area contributed by atoms with Crippen LogP contribution in [0.5, 0.6) is 0 Å². The molecule has 0 spiro atoms. The van der Waals surface area contributed by atoms with Gasteiger partial charge in [-0.2, -0.15) is 0 Å². The second-order valence-electron chi connectivity index (χ2n) is 5.63. The Morgan fingerprint density at radius 1 is 0.900 bits per heavy atom. The van der Waals surface area contributed by atoms with Gasteiger partial charge >= 0.3 is 0 Å². The molecule has 0 aliphatic rings. The van der Waals surface area contributed by atoms with E-state index < -0.39 is 0 Å². The van der Waals surface area contributed by atoms with E-state index in [1.165, 1.54) is 23.1 Å². The predicted octanol–water partition coefficient (Wildman–Crippen LogP) is 6.26. The number of alkyl halides is 1. The Hall–Kier alpha value is -1.08. The molecule has 0 radical (unpaired) electrons. The maximum atomic E-state index is 3.96. The lowest BCUT2D eigenvalue weighted by Crippen LogP contribution is -2.14. The van der Waals surface area contributed by atoms with Crippen LogP contribution >= 0.6 is 15.9 Å². The number of rotatable bonds is 5. The van der Waals surface area contributed by atoms with E-state index in [0.29, 0.717) is 16.7 Å². The molecule has 0 amide bonds. The minimum atomic E-state index is 0.362. The van der Waals surface area contributed by atoms with Gasteiger partial charge < -0.3 is 0 Å². The summed E-state index contributed by atoms with van der Waals surface area (Å²) in [5.41, 5.74) is 4.10. The molecule has 2 aromatic carbocycles. The first-order chi connectivity index (χ1) is 9.63. The number of hydrogen-bond donors (Lipinski definition) is 0. The third-order valence-electron chi connectivity index (χ3n) is 4.15. The molecule has 0 saturated carbocycles. The van der Waals surface area contributed by atoms with Crippen LogP contribution in [0.3, 0.4) is 0 Å². The van der Waals surface area contributed by atoms with Crippen molar-refractivity contribution in [1.29, 1.82) is 0 Å². The van der Waals surface area contributed by atoms with Gasteiger partial charge in [-0.15, -0.1) is 0 Å². The van der Waals surface area contributed by atoms with Crippen LogP contribution in [-0.2, 0) is 0 Å². The number of aryl methyl sites for hydroxylation is 1.